The zero-order chi connectivity index (χ0) is 22.1. The first-order valence-corrected chi connectivity index (χ1v) is 11.1. The van der Waals surface area contributed by atoms with Crippen molar-refractivity contribution in [3.8, 4) is 0 Å². The molecule has 1 atom stereocenters. The van der Waals surface area contributed by atoms with Crippen LogP contribution in [0.5, 0.6) is 0 Å². The van der Waals surface area contributed by atoms with E-state index in [9.17, 15) is 14.7 Å². The van der Waals surface area contributed by atoms with Gasteiger partial charge in [-0.15, -0.1) is 0 Å². The Bertz CT molecular complexity index is 1150. The normalized spacial score (nSPS) is 17.0. The predicted octanol–water partition coefficient (Wildman–Crippen LogP) is 1.83. The Hall–Kier alpha value is -3.23. The van der Waals surface area contributed by atoms with Crippen LogP contribution >= 0.6 is 0 Å². The highest BCUT2D eigenvalue weighted by Crippen LogP contribution is 2.30. The van der Waals surface area contributed by atoms with Gasteiger partial charge in [0.15, 0.2) is 0 Å². The first kappa shape index (κ1) is 20.7. The first-order valence-electron chi connectivity index (χ1n) is 11.1. The van der Waals surface area contributed by atoms with Crippen molar-refractivity contribution in [3.63, 3.8) is 0 Å². The number of amides is 2. The molecular formula is C24H27N5O3. The summed E-state index contributed by atoms with van der Waals surface area (Å²) in [6.45, 7) is 2.37. The van der Waals surface area contributed by atoms with Gasteiger partial charge in [0.1, 0.15) is 11.3 Å². The van der Waals surface area contributed by atoms with Gasteiger partial charge in [0.05, 0.1) is 11.8 Å². The number of nitrogens with one attached hydrogen (secondary N) is 2. The molecule has 0 bridgehead atoms. The molecule has 1 saturated carbocycles. The second kappa shape index (κ2) is 8.72. The maximum absolute atomic E-state index is 12.6. The molecule has 3 heterocycles. The average Bonchev–Trinajstić information content (AvgIpc) is 3.56. The van der Waals surface area contributed by atoms with E-state index in [1.807, 2.05) is 6.07 Å². The van der Waals surface area contributed by atoms with E-state index in [4.69, 9.17) is 0 Å². The highest BCUT2D eigenvalue weighted by Gasteiger charge is 2.29. The van der Waals surface area contributed by atoms with Crippen molar-refractivity contribution >= 4 is 23.1 Å². The van der Waals surface area contributed by atoms with E-state index >= 15 is 0 Å². The number of benzene rings is 1. The molecule has 2 aromatic heterocycles. The fraction of sp³-hybridized carbons (Fsp3) is 0.375. The maximum Gasteiger partial charge on any atom is 0.271 e. The van der Waals surface area contributed by atoms with Crippen molar-refractivity contribution in [3.05, 3.63) is 65.6 Å². The van der Waals surface area contributed by atoms with Gasteiger partial charge in [-0.2, -0.15) is 0 Å². The lowest BCUT2D eigenvalue weighted by Gasteiger charge is -2.30. The van der Waals surface area contributed by atoms with Crippen LogP contribution in [0.2, 0.25) is 0 Å². The summed E-state index contributed by atoms with van der Waals surface area (Å²) in [5.74, 6) is -0.171. The van der Waals surface area contributed by atoms with Gasteiger partial charge in [0.25, 0.3) is 5.91 Å². The van der Waals surface area contributed by atoms with Crippen LogP contribution in [0.1, 0.15) is 34.5 Å². The average molecular weight is 434 g/mol. The molecule has 0 unspecified atom stereocenters. The van der Waals surface area contributed by atoms with Gasteiger partial charge in [-0.05, 0) is 42.5 Å². The van der Waals surface area contributed by atoms with Gasteiger partial charge in [0, 0.05) is 44.5 Å². The number of imidazole rings is 1. The molecule has 1 aromatic carbocycles. The van der Waals surface area contributed by atoms with Crippen molar-refractivity contribution in [1.82, 2.24) is 19.6 Å². The summed E-state index contributed by atoms with van der Waals surface area (Å²) in [5, 5.41) is 16.1. The number of β-amino-alcohol motifs (C(OH)–C–C–N with tert-alkyl or cyclic N) is 1. The minimum Gasteiger partial charge on any atom is -0.390 e. The number of hydrogen-bond donors (Lipinski definition) is 3. The molecule has 2 amide bonds. The van der Waals surface area contributed by atoms with Crippen molar-refractivity contribution < 1.29 is 14.7 Å². The van der Waals surface area contributed by atoms with E-state index in [0.29, 0.717) is 17.9 Å². The molecule has 5 rings (SSSR count). The van der Waals surface area contributed by atoms with Crippen molar-refractivity contribution in [2.75, 3.05) is 25.0 Å². The third kappa shape index (κ3) is 4.66. The van der Waals surface area contributed by atoms with Crippen LogP contribution in [0, 0.1) is 5.92 Å². The number of rotatable bonds is 7. The molecule has 1 aliphatic carbocycles. The molecule has 1 fully saturated rings. The van der Waals surface area contributed by atoms with Crippen molar-refractivity contribution in [1.29, 1.82) is 0 Å². The Morgan fingerprint density at radius 1 is 1.12 bits per heavy atom. The van der Waals surface area contributed by atoms with Crippen molar-refractivity contribution in [2.24, 2.45) is 5.92 Å². The lowest BCUT2D eigenvalue weighted by molar-refractivity contribution is -0.117. The first-order chi connectivity index (χ1) is 15.5. The summed E-state index contributed by atoms with van der Waals surface area (Å²) in [4.78, 5) is 31.1. The number of nitrogens with zero attached hydrogens (tertiary/aromatic N) is 3. The Morgan fingerprint density at radius 3 is 2.75 bits per heavy atom. The molecule has 3 N–H and O–H groups in total. The Morgan fingerprint density at radius 2 is 1.94 bits per heavy atom. The van der Waals surface area contributed by atoms with Gasteiger partial charge < -0.3 is 20.1 Å². The molecule has 8 heteroatoms. The molecule has 0 saturated heterocycles. The van der Waals surface area contributed by atoms with Crippen LogP contribution in [0.25, 0.3) is 5.65 Å². The lowest BCUT2D eigenvalue weighted by Crippen LogP contribution is -2.42. The third-order valence-electron chi connectivity index (χ3n) is 6.08. The highest BCUT2D eigenvalue weighted by atomic mass is 16.3. The van der Waals surface area contributed by atoms with Crippen LogP contribution in [0.3, 0.4) is 0 Å². The number of aliphatic hydroxyl groups excluding tert-OH is 1. The van der Waals surface area contributed by atoms with Gasteiger partial charge >= 0.3 is 0 Å². The van der Waals surface area contributed by atoms with Crippen LogP contribution < -0.4 is 10.6 Å². The molecule has 1 aliphatic heterocycles. The van der Waals surface area contributed by atoms with Gasteiger partial charge in [0.2, 0.25) is 5.91 Å². The van der Waals surface area contributed by atoms with Gasteiger partial charge in [-0.25, -0.2) is 4.98 Å². The summed E-state index contributed by atoms with van der Waals surface area (Å²) in [6.07, 6.45) is 5.58. The van der Waals surface area contributed by atoms with E-state index in [-0.39, 0.29) is 30.0 Å². The van der Waals surface area contributed by atoms with Crippen LogP contribution in [-0.4, -0.2) is 56.9 Å². The number of anilines is 1. The standard InChI is InChI=1S/C24H27N5O3/c30-20(14-28-10-9-16-3-1-2-4-18(16)12-28)11-25-24(32)21-15-29-13-19(7-8-22(29)27-21)26-23(31)17-5-6-17/h1-4,7-8,13,15,17,20,30H,5-6,9-12,14H2,(H,25,32)(H,26,31)/t20-/m0/s1. The molecule has 0 radical (unpaired) electrons. The highest BCUT2D eigenvalue weighted by molar-refractivity contribution is 5.94. The number of aliphatic hydroxyl groups is 1. The summed E-state index contributed by atoms with van der Waals surface area (Å²) < 4.78 is 1.72. The molecule has 166 valence electrons. The van der Waals surface area contributed by atoms with E-state index in [1.165, 1.54) is 11.1 Å². The topological polar surface area (TPSA) is 99.0 Å². The minimum absolute atomic E-state index is 0.0358. The number of carbonyl (C=O) groups is 2. The van der Waals surface area contributed by atoms with E-state index in [1.54, 1.807) is 28.9 Å². The summed E-state index contributed by atoms with van der Waals surface area (Å²) in [5.41, 5.74) is 4.24. The fourth-order valence-electron chi connectivity index (χ4n) is 4.14. The van der Waals surface area contributed by atoms with Crippen LogP contribution in [-0.2, 0) is 17.8 Å². The van der Waals surface area contributed by atoms with E-state index in [0.717, 1.165) is 32.4 Å². The molecular weight excluding hydrogens is 406 g/mol. The second-order valence-corrected chi connectivity index (χ2v) is 8.69. The Balaban J connectivity index is 1.14. The van der Waals surface area contributed by atoms with E-state index in [2.05, 4.69) is 38.7 Å². The van der Waals surface area contributed by atoms with Gasteiger partial charge in [-0.3, -0.25) is 14.5 Å². The Kier molecular flexibility index (Phi) is 5.63. The third-order valence-corrected chi connectivity index (χ3v) is 6.08. The SMILES string of the molecule is O=C(NC[C@H](O)CN1CCc2ccccc2C1)c1cn2cc(NC(=O)C3CC3)ccc2n1. The molecule has 8 nitrogen and oxygen atoms in total. The quantitative estimate of drug-likeness (QED) is 0.528. The minimum atomic E-state index is -0.662. The lowest BCUT2D eigenvalue weighted by atomic mass is 10.00. The largest absolute Gasteiger partial charge is 0.390 e. The monoisotopic (exact) mass is 433 g/mol. The number of hydrogen-bond acceptors (Lipinski definition) is 5. The second-order valence-electron chi connectivity index (χ2n) is 8.69. The summed E-state index contributed by atoms with van der Waals surface area (Å²) >= 11 is 0. The summed E-state index contributed by atoms with van der Waals surface area (Å²) in [7, 11) is 0. The van der Waals surface area contributed by atoms with Crippen LogP contribution in [0.4, 0.5) is 5.69 Å². The fourth-order valence-corrected chi connectivity index (χ4v) is 4.14. The zero-order valence-corrected chi connectivity index (χ0v) is 17.8. The molecule has 2 aliphatic rings. The van der Waals surface area contributed by atoms with Crippen molar-refractivity contribution in [2.45, 2.75) is 31.9 Å². The number of carbonyl (C=O) groups excluding carboxylic acids is 2. The Labute approximate surface area is 186 Å². The number of aromatic nitrogens is 2. The smallest absolute Gasteiger partial charge is 0.271 e. The maximum atomic E-state index is 12.6. The van der Waals surface area contributed by atoms with Crippen LogP contribution in [0.15, 0.2) is 48.8 Å². The number of fused-ring (bicyclic) bond motifs is 2. The predicted molar refractivity (Wildman–Crippen MR) is 120 cm³/mol. The molecule has 32 heavy (non-hydrogen) atoms. The van der Waals surface area contributed by atoms with E-state index < -0.39 is 6.10 Å². The zero-order valence-electron chi connectivity index (χ0n) is 17.8. The molecule has 3 aromatic rings. The van der Waals surface area contributed by atoms with Gasteiger partial charge in [-0.1, -0.05) is 24.3 Å². The number of pyridine rings is 1. The summed E-state index contributed by atoms with van der Waals surface area (Å²) in [6, 6.07) is 11.9. The molecule has 0 spiro atoms.